The third-order valence-electron chi connectivity index (χ3n) is 5.35. The van der Waals surface area contributed by atoms with E-state index in [2.05, 4.69) is 20.6 Å². The highest BCUT2D eigenvalue weighted by Gasteiger charge is 2.30. The van der Waals surface area contributed by atoms with Gasteiger partial charge in [-0.3, -0.25) is 10.3 Å². The first-order valence-corrected chi connectivity index (χ1v) is 9.53. The molecule has 1 fully saturated rings. The summed E-state index contributed by atoms with van der Waals surface area (Å²) in [6.07, 6.45) is 4.15. The Morgan fingerprint density at radius 3 is 2.73 bits per heavy atom. The molecule has 0 bridgehead atoms. The van der Waals surface area contributed by atoms with Crippen LogP contribution in [0.5, 0.6) is 0 Å². The Hall–Kier alpha value is -3.46. The van der Waals surface area contributed by atoms with Gasteiger partial charge in [0.05, 0.1) is 23.7 Å². The van der Waals surface area contributed by atoms with Crippen LogP contribution in [-0.4, -0.2) is 40.4 Å². The van der Waals surface area contributed by atoms with Crippen molar-refractivity contribution in [3.05, 3.63) is 42.1 Å². The first-order valence-electron chi connectivity index (χ1n) is 9.53. The predicted molar refractivity (Wildman–Crippen MR) is 113 cm³/mol. The number of hydrogen-bond donors (Lipinski definition) is 4. The number of nitrogens with two attached hydrogens (primary N) is 1. The van der Waals surface area contributed by atoms with Gasteiger partial charge in [0.2, 0.25) is 0 Å². The number of amides is 1. The molecule has 1 aliphatic carbocycles. The first kappa shape index (κ1) is 19.8. The average molecular weight is 411 g/mol. The molecule has 0 spiro atoms. The van der Waals surface area contributed by atoms with Crippen molar-refractivity contribution in [1.82, 2.24) is 9.97 Å². The summed E-state index contributed by atoms with van der Waals surface area (Å²) in [6, 6.07) is 3.27. The number of carbonyl (C=O) groups excluding carboxylic acids is 1. The summed E-state index contributed by atoms with van der Waals surface area (Å²) in [5, 5.41) is 15.9. The van der Waals surface area contributed by atoms with Crippen LogP contribution < -0.4 is 16.4 Å². The number of aromatic nitrogens is 2. The number of carbonyl (C=O) groups is 1. The molecule has 0 radical (unpaired) electrons. The third-order valence-corrected chi connectivity index (χ3v) is 5.35. The molecule has 9 heteroatoms. The number of ether oxygens (including phenoxy) is 1. The number of halogens is 1. The first-order chi connectivity index (χ1) is 14.4. The monoisotopic (exact) mass is 411 g/mol. The van der Waals surface area contributed by atoms with Gasteiger partial charge in [0, 0.05) is 48.8 Å². The molecule has 3 aromatic rings. The minimum atomic E-state index is -0.657. The Morgan fingerprint density at radius 1 is 1.27 bits per heavy atom. The molecule has 1 aromatic carbocycles. The Labute approximate surface area is 172 Å². The topological polar surface area (TPSA) is 122 Å². The Kier molecular flexibility index (Phi) is 5.13. The van der Waals surface area contributed by atoms with Gasteiger partial charge in [0.15, 0.2) is 5.82 Å². The molecule has 0 atom stereocenters. The van der Waals surface area contributed by atoms with E-state index in [1.165, 1.54) is 6.20 Å². The van der Waals surface area contributed by atoms with Crippen molar-refractivity contribution in [3.8, 4) is 11.1 Å². The lowest BCUT2D eigenvalue weighted by Gasteiger charge is -2.30. The molecule has 0 saturated heterocycles. The zero-order valence-electron chi connectivity index (χ0n) is 16.6. The van der Waals surface area contributed by atoms with Crippen LogP contribution >= 0.6 is 0 Å². The van der Waals surface area contributed by atoms with Crippen LogP contribution in [0.1, 0.15) is 18.4 Å². The van der Waals surface area contributed by atoms with Crippen molar-refractivity contribution in [2.24, 2.45) is 0 Å². The zero-order valence-corrected chi connectivity index (χ0v) is 16.6. The number of nitrogen functional groups attached to an aromatic ring is 1. The molecular formula is C21H22FN5O3. The molecule has 156 valence electrons. The summed E-state index contributed by atoms with van der Waals surface area (Å²) in [6.45, 7) is 1.87. The highest BCUT2D eigenvalue weighted by atomic mass is 19.1. The van der Waals surface area contributed by atoms with Crippen molar-refractivity contribution >= 4 is 34.1 Å². The van der Waals surface area contributed by atoms with Crippen LogP contribution in [0.25, 0.3) is 21.9 Å². The minimum absolute atomic E-state index is 0.0261. The molecule has 1 amide bonds. The normalized spacial score (nSPS) is 18.0. The van der Waals surface area contributed by atoms with Gasteiger partial charge in [0.1, 0.15) is 11.9 Å². The molecule has 4 rings (SSSR count). The highest BCUT2D eigenvalue weighted by molar-refractivity contribution is 5.99. The average Bonchev–Trinajstić information content (AvgIpc) is 2.70. The summed E-state index contributed by atoms with van der Waals surface area (Å²) in [7, 11) is 1.77. The second-order valence-electron chi connectivity index (χ2n) is 7.33. The number of nitrogens with zero attached hydrogens (tertiary/aromatic N) is 2. The second kappa shape index (κ2) is 7.75. The zero-order chi connectivity index (χ0) is 21.4. The number of aliphatic hydroxyl groups excluding tert-OH is 1. The van der Waals surface area contributed by atoms with E-state index in [1.807, 2.05) is 6.92 Å². The summed E-state index contributed by atoms with van der Waals surface area (Å²) in [5.74, 6) is -0.297. The highest BCUT2D eigenvalue weighted by Crippen LogP contribution is 2.36. The van der Waals surface area contributed by atoms with Gasteiger partial charge in [-0.2, -0.15) is 0 Å². The van der Waals surface area contributed by atoms with Crippen molar-refractivity contribution in [2.45, 2.75) is 32.0 Å². The molecule has 8 nitrogen and oxygen atoms in total. The summed E-state index contributed by atoms with van der Waals surface area (Å²) >= 11 is 0. The molecule has 1 aliphatic rings. The van der Waals surface area contributed by atoms with Gasteiger partial charge in [0.25, 0.3) is 0 Å². The summed E-state index contributed by atoms with van der Waals surface area (Å²) in [5.41, 5.74) is 8.56. The number of aliphatic hydroxyl groups is 1. The van der Waals surface area contributed by atoms with Crippen LogP contribution in [0.3, 0.4) is 0 Å². The molecule has 0 aliphatic heterocycles. The van der Waals surface area contributed by atoms with Crippen molar-refractivity contribution < 1.29 is 19.0 Å². The molecular weight excluding hydrogens is 389 g/mol. The van der Waals surface area contributed by atoms with Crippen molar-refractivity contribution in [2.75, 3.05) is 23.4 Å². The molecule has 0 unspecified atom stereocenters. The molecule has 5 N–H and O–H groups in total. The lowest BCUT2D eigenvalue weighted by Crippen LogP contribution is -2.37. The Morgan fingerprint density at radius 2 is 2.03 bits per heavy atom. The fourth-order valence-electron chi connectivity index (χ4n) is 3.53. The summed E-state index contributed by atoms with van der Waals surface area (Å²) < 4.78 is 20.3. The van der Waals surface area contributed by atoms with E-state index < -0.39 is 18.0 Å². The largest absolute Gasteiger partial charge is 0.446 e. The number of rotatable bonds is 4. The lowest BCUT2D eigenvalue weighted by molar-refractivity contribution is -0.0308. The van der Waals surface area contributed by atoms with Gasteiger partial charge in [-0.25, -0.2) is 14.2 Å². The van der Waals surface area contributed by atoms with Gasteiger partial charge in [-0.05, 0) is 30.0 Å². The van der Waals surface area contributed by atoms with Crippen LogP contribution in [0.15, 0.2) is 30.7 Å². The lowest BCUT2D eigenvalue weighted by atomic mass is 9.92. The Bertz CT molecular complexity index is 1130. The molecule has 1 saturated carbocycles. The van der Waals surface area contributed by atoms with E-state index in [0.717, 1.165) is 11.3 Å². The quantitative estimate of drug-likeness (QED) is 0.485. The van der Waals surface area contributed by atoms with E-state index in [0.29, 0.717) is 34.7 Å². The SMILES string of the molecule is CNc1cncc(-c2cc3cc(NC(=O)OC4CC(O)C4)ncc3c(N)c2F)c1C. The fourth-order valence-corrected chi connectivity index (χ4v) is 3.53. The number of nitrogens with one attached hydrogen (secondary N) is 2. The number of hydrogen-bond acceptors (Lipinski definition) is 7. The number of benzene rings is 1. The smallest absolute Gasteiger partial charge is 0.413 e. The van der Waals surface area contributed by atoms with Gasteiger partial charge < -0.3 is 20.9 Å². The maximum Gasteiger partial charge on any atom is 0.413 e. The maximum absolute atomic E-state index is 15.1. The predicted octanol–water partition coefficient (Wildman–Crippen LogP) is 3.44. The van der Waals surface area contributed by atoms with Crippen LogP contribution in [0.2, 0.25) is 0 Å². The van der Waals surface area contributed by atoms with Crippen LogP contribution in [0.4, 0.5) is 26.4 Å². The molecule has 30 heavy (non-hydrogen) atoms. The number of fused-ring (bicyclic) bond motifs is 1. The molecule has 2 aromatic heterocycles. The van der Waals surface area contributed by atoms with E-state index >= 15 is 4.39 Å². The second-order valence-corrected chi connectivity index (χ2v) is 7.33. The maximum atomic E-state index is 15.1. The van der Waals surface area contributed by atoms with Crippen LogP contribution in [-0.2, 0) is 4.74 Å². The minimum Gasteiger partial charge on any atom is -0.446 e. The van der Waals surface area contributed by atoms with E-state index in [1.54, 1.807) is 31.6 Å². The summed E-state index contributed by atoms with van der Waals surface area (Å²) in [4.78, 5) is 20.3. The standard InChI is InChI=1S/C21H22FN5O3/c1-10-15(7-25-9-17(10)24-2)14-3-11-4-18(26-8-16(11)20(23)19(14)22)27-21(29)30-13-5-12(28)6-13/h3-4,7-9,12-13,24,28H,5-6,23H2,1-2H3,(H,26,27,29). The van der Waals surface area contributed by atoms with Crippen LogP contribution in [0, 0.1) is 12.7 Å². The number of anilines is 3. The molecule has 2 heterocycles. The van der Waals surface area contributed by atoms with E-state index in [-0.39, 0.29) is 17.6 Å². The Balaban J connectivity index is 1.68. The van der Waals surface area contributed by atoms with Crippen molar-refractivity contribution in [1.29, 1.82) is 0 Å². The van der Waals surface area contributed by atoms with E-state index in [9.17, 15) is 9.90 Å². The van der Waals surface area contributed by atoms with Gasteiger partial charge in [-0.15, -0.1) is 0 Å². The van der Waals surface area contributed by atoms with Gasteiger partial charge >= 0.3 is 6.09 Å². The van der Waals surface area contributed by atoms with Gasteiger partial charge in [-0.1, -0.05) is 0 Å². The number of pyridine rings is 2. The fraction of sp³-hybridized carbons (Fsp3) is 0.286. The third kappa shape index (κ3) is 3.59. The van der Waals surface area contributed by atoms with Crippen molar-refractivity contribution in [3.63, 3.8) is 0 Å². The van der Waals surface area contributed by atoms with E-state index in [4.69, 9.17) is 10.5 Å².